The van der Waals surface area contributed by atoms with Crippen LogP contribution in [-0.2, 0) is 0 Å². The molecule has 2 nitrogen and oxygen atoms in total. The van der Waals surface area contributed by atoms with Crippen molar-refractivity contribution < 1.29 is 0 Å². The van der Waals surface area contributed by atoms with Crippen LogP contribution in [0, 0.1) is 5.92 Å². The maximum absolute atomic E-state index is 2.55. The van der Waals surface area contributed by atoms with Crippen LogP contribution in [0.25, 0.3) is 0 Å². The first-order chi connectivity index (χ1) is 5.68. The van der Waals surface area contributed by atoms with Crippen molar-refractivity contribution in [2.24, 2.45) is 5.92 Å². The van der Waals surface area contributed by atoms with Crippen LogP contribution in [0.15, 0.2) is 0 Å². The molecule has 0 aromatic carbocycles. The van der Waals surface area contributed by atoms with E-state index in [0.717, 1.165) is 18.0 Å². The van der Waals surface area contributed by atoms with Gasteiger partial charge in [-0.25, -0.2) is 0 Å². The Balaban J connectivity index is 2.05. The molecule has 2 aliphatic heterocycles. The molecule has 3 fully saturated rings. The first kappa shape index (κ1) is 8.52. The van der Waals surface area contributed by atoms with E-state index >= 15 is 0 Å². The van der Waals surface area contributed by atoms with E-state index in [9.17, 15) is 0 Å². The molecule has 2 heteroatoms. The van der Waals surface area contributed by atoms with E-state index in [1.54, 1.807) is 0 Å². The van der Waals surface area contributed by atoms with E-state index in [4.69, 9.17) is 0 Å². The van der Waals surface area contributed by atoms with Gasteiger partial charge in [0.15, 0.2) is 0 Å². The lowest BCUT2D eigenvalue weighted by atomic mass is 9.76. The molecular formula is C10H20N2. The third-order valence-electron chi connectivity index (χ3n) is 3.74. The highest BCUT2D eigenvalue weighted by Crippen LogP contribution is 2.35. The van der Waals surface area contributed by atoms with E-state index in [1.165, 1.54) is 25.8 Å². The highest BCUT2D eigenvalue weighted by atomic mass is 15.2. The third-order valence-corrected chi connectivity index (χ3v) is 3.74. The maximum atomic E-state index is 2.55. The van der Waals surface area contributed by atoms with Crippen molar-refractivity contribution in [1.29, 1.82) is 0 Å². The Bertz CT molecular complexity index is 167. The van der Waals surface area contributed by atoms with Crippen LogP contribution in [0.1, 0.15) is 19.3 Å². The van der Waals surface area contributed by atoms with Gasteiger partial charge in [-0.2, -0.15) is 0 Å². The van der Waals surface area contributed by atoms with Gasteiger partial charge in [0.1, 0.15) is 0 Å². The van der Waals surface area contributed by atoms with Gasteiger partial charge >= 0.3 is 0 Å². The summed E-state index contributed by atoms with van der Waals surface area (Å²) in [6.45, 7) is 1.33. The van der Waals surface area contributed by atoms with Gasteiger partial charge in [-0.1, -0.05) is 0 Å². The summed E-state index contributed by atoms with van der Waals surface area (Å²) in [5.41, 5.74) is 0. The second-order valence-corrected chi connectivity index (χ2v) is 4.70. The molecule has 2 saturated heterocycles. The standard InChI is InChI=1S/C10H20N2/c1-11(2)10-6-9-5-4-8(10)7-12(9)3/h8-10H,4-7H2,1-3H3. The first-order valence-electron chi connectivity index (χ1n) is 5.05. The van der Waals surface area contributed by atoms with Crippen molar-refractivity contribution in [1.82, 2.24) is 9.80 Å². The van der Waals surface area contributed by atoms with E-state index < -0.39 is 0 Å². The molecule has 70 valence electrons. The monoisotopic (exact) mass is 168 g/mol. The Morgan fingerprint density at radius 2 is 2.00 bits per heavy atom. The Kier molecular flexibility index (Phi) is 2.13. The zero-order valence-corrected chi connectivity index (χ0v) is 8.45. The summed E-state index contributed by atoms with van der Waals surface area (Å²) in [6, 6.07) is 1.74. The molecule has 2 bridgehead atoms. The topological polar surface area (TPSA) is 6.48 Å². The summed E-state index contributed by atoms with van der Waals surface area (Å²) >= 11 is 0. The summed E-state index contributed by atoms with van der Waals surface area (Å²) in [4.78, 5) is 4.97. The van der Waals surface area contributed by atoms with E-state index in [0.29, 0.717) is 0 Å². The minimum Gasteiger partial charge on any atom is -0.306 e. The molecular weight excluding hydrogens is 148 g/mol. The van der Waals surface area contributed by atoms with Gasteiger partial charge in [-0.15, -0.1) is 0 Å². The molecule has 12 heavy (non-hydrogen) atoms. The molecule has 0 aromatic rings. The molecule has 3 rings (SSSR count). The van der Waals surface area contributed by atoms with Gasteiger partial charge in [0, 0.05) is 18.6 Å². The highest BCUT2D eigenvalue weighted by molar-refractivity contribution is 4.95. The molecule has 2 heterocycles. The number of hydrogen-bond acceptors (Lipinski definition) is 2. The van der Waals surface area contributed by atoms with E-state index in [1.807, 2.05) is 0 Å². The van der Waals surface area contributed by atoms with Crippen molar-refractivity contribution in [3.05, 3.63) is 0 Å². The fraction of sp³-hybridized carbons (Fsp3) is 1.00. The third kappa shape index (κ3) is 1.27. The molecule has 1 aliphatic carbocycles. The Labute approximate surface area is 75.5 Å². The van der Waals surface area contributed by atoms with Crippen LogP contribution in [0.4, 0.5) is 0 Å². The van der Waals surface area contributed by atoms with Crippen LogP contribution in [-0.4, -0.2) is 49.6 Å². The molecule has 0 radical (unpaired) electrons. The number of nitrogens with zero attached hydrogens (tertiary/aromatic N) is 2. The van der Waals surface area contributed by atoms with Crippen molar-refractivity contribution in [3.8, 4) is 0 Å². The van der Waals surface area contributed by atoms with Crippen molar-refractivity contribution in [2.45, 2.75) is 31.3 Å². The molecule has 0 N–H and O–H groups in total. The molecule has 0 spiro atoms. The van der Waals surface area contributed by atoms with Crippen LogP contribution >= 0.6 is 0 Å². The average Bonchev–Trinajstić information content (AvgIpc) is 2.04. The second kappa shape index (κ2) is 3.00. The number of rotatable bonds is 1. The van der Waals surface area contributed by atoms with Crippen LogP contribution in [0.3, 0.4) is 0 Å². The lowest BCUT2D eigenvalue weighted by Crippen LogP contribution is -2.56. The van der Waals surface area contributed by atoms with Crippen molar-refractivity contribution in [3.63, 3.8) is 0 Å². The van der Waals surface area contributed by atoms with E-state index in [-0.39, 0.29) is 0 Å². The minimum absolute atomic E-state index is 0.861. The number of hydrogen-bond donors (Lipinski definition) is 0. The lowest BCUT2D eigenvalue weighted by molar-refractivity contribution is 0.00541. The summed E-state index contributed by atoms with van der Waals surface area (Å²) in [5.74, 6) is 0.940. The van der Waals surface area contributed by atoms with Gasteiger partial charge in [-0.3, -0.25) is 0 Å². The normalized spacial score (nSPS) is 42.5. The fourth-order valence-electron chi connectivity index (χ4n) is 2.95. The minimum atomic E-state index is 0.861. The Morgan fingerprint density at radius 3 is 2.42 bits per heavy atom. The van der Waals surface area contributed by atoms with Crippen LogP contribution in [0.5, 0.6) is 0 Å². The van der Waals surface area contributed by atoms with E-state index in [2.05, 4.69) is 30.9 Å². The van der Waals surface area contributed by atoms with Gasteiger partial charge < -0.3 is 9.80 Å². The predicted octanol–water partition coefficient (Wildman–Crippen LogP) is 1.03. The highest BCUT2D eigenvalue weighted by Gasteiger charge is 2.39. The van der Waals surface area contributed by atoms with Gasteiger partial charge in [0.2, 0.25) is 0 Å². The van der Waals surface area contributed by atoms with Crippen molar-refractivity contribution in [2.75, 3.05) is 27.7 Å². The Morgan fingerprint density at radius 1 is 1.25 bits per heavy atom. The summed E-state index contributed by atoms with van der Waals surface area (Å²) in [7, 11) is 6.74. The van der Waals surface area contributed by atoms with Crippen LogP contribution < -0.4 is 0 Å². The summed E-state index contributed by atoms with van der Waals surface area (Å²) in [5, 5.41) is 0. The molecule has 3 atom stereocenters. The molecule has 3 aliphatic rings. The zero-order chi connectivity index (χ0) is 8.72. The SMILES string of the molecule is CN(C)C1CC2CCC1CN2C. The largest absolute Gasteiger partial charge is 0.306 e. The zero-order valence-electron chi connectivity index (χ0n) is 8.45. The smallest absolute Gasteiger partial charge is 0.0144 e. The second-order valence-electron chi connectivity index (χ2n) is 4.70. The number of piperidine rings is 2. The molecule has 0 amide bonds. The maximum Gasteiger partial charge on any atom is 0.0144 e. The van der Waals surface area contributed by atoms with Gasteiger partial charge in [0.25, 0.3) is 0 Å². The fourth-order valence-corrected chi connectivity index (χ4v) is 2.95. The lowest BCUT2D eigenvalue weighted by Gasteiger charge is -2.50. The summed E-state index contributed by atoms with van der Waals surface area (Å²) < 4.78 is 0. The van der Waals surface area contributed by atoms with Gasteiger partial charge in [-0.05, 0) is 46.3 Å². The molecule has 1 saturated carbocycles. The quantitative estimate of drug-likeness (QED) is 0.577. The predicted molar refractivity (Wildman–Crippen MR) is 51.2 cm³/mol. The summed E-state index contributed by atoms with van der Waals surface area (Å²) in [6.07, 6.45) is 4.29. The average molecular weight is 168 g/mol. The van der Waals surface area contributed by atoms with Crippen LogP contribution in [0.2, 0.25) is 0 Å². The van der Waals surface area contributed by atoms with Crippen molar-refractivity contribution >= 4 is 0 Å². The molecule has 3 unspecified atom stereocenters. The Hall–Kier alpha value is -0.0800. The first-order valence-corrected chi connectivity index (χ1v) is 5.05. The molecule has 0 aromatic heterocycles. The number of fused-ring (bicyclic) bond motifs is 3. The van der Waals surface area contributed by atoms with Gasteiger partial charge in [0.05, 0.1) is 0 Å².